The van der Waals surface area contributed by atoms with Crippen molar-refractivity contribution >= 4 is 23.2 Å². The molecule has 0 unspecified atom stereocenters. The largest absolute Gasteiger partial charge is 0.364 e. The number of rotatable bonds is 6. The third kappa shape index (κ3) is 6.31. The molecular weight excluding hydrogens is 436 g/mol. The van der Waals surface area contributed by atoms with E-state index in [0.29, 0.717) is 11.7 Å². The Morgan fingerprint density at radius 3 is 2.20 bits per heavy atom. The lowest BCUT2D eigenvalue weighted by molar-refractivity contribution is 0.0996. The summed E-state index contributed by atoms with van der Waals surface area (Å²) in [5.74, 6) is 1.29. The molecule has 3 N–H and O–H groups in total. The van der Waals surface area contributed by atoms with Crippen molar-refractivity contribution in [2.45, 2.75) is 83.6 Å². The fourth-order valence-electron chi connectivity index (χ4n) is 5.77. The van der Waals surface area contributed by atoms with Crippen LogP contribution in [0.5, 0.6) is 0 Å². The molecule has 2 aromatic rings. The molecule has 3 fully saturated rings. The molecule has 7 heteroatoms. The van der Waals surface area contributed by atoms with Crippen LogP contribution in [0.15, 0.2) is 30.5 Å². The van der Waals surface area contributed by atoms with Gasteiger partial charge in [0.1, 0.15) is 5.82 Å². The van der Waals surface area contributed by atoms with Gasteiger partial charge in [-0.05, 0) is 81.6 Å². The first kappa shape index (κ1) is 25.4. The lowest BCUT2D eigenvalue weighted by Gasteiger charge is -2.36. The number of nitrogens with zero attached hydrogens (tertiary/aromatic N) is 4. The molecule has 1 amide bonds. The van der Waals surface area contributed by atoms with Crippen LogP contribution in [0, 0.1) is 0 Å². The van der Waals surface area contributed by atoms with E-state index < -0.39 is 5.91 Å². The van der Waals surface area contributed by atoms with Crippen LogP contribution in [0.25, 0.3) is 0 Å². The van der Waals surface area contributed by atoms with Gasteiger partial charge in [-0.3, -0.25) is 4.79 Å². The van der Waals surface area contributed by atoms with E-state index in [9.17, 15) is 4.79 Å². The van der Waals surface area contributed by atoms with Crippen molar-refractivity contribution in [1.82, 2.24) is 14.9 Å². The standard InChI is InChI=1S/C26H36N6O.C2H6/c27-25(33)24-26(30-23(18-28-24)32-14-4-1-5-15-32)29-21-10-8-19(9-11-21)20-12-16-31(17-13-20)22-6-2-3-7-22;1-2/h8-11,18,20,22H,1-7,12-17H2,(H2,27,33)(H,29,30);1-2H3. The summed E-state index contributed by atoms with van der Waals surface area (Å²) in [5, 5.41) is 3.30. The van der Waals surface area contributed by atoms with Crippen LogP contribution in [-0.4, -0.2) is 53.0 Å². The second kappa shape index (κ2) is 12.3. The number of benzene rings is 1. The molecule has 3 aliphatic rings. The number of nitrogens with two attached hydrogens (primary N) is 1. The van der Waals surface area contributed by atoms with Crippen molar-refractivity contribution in [3.63, 3.8) is 0 Å². The van der Waals surface area contributed by atoms with E-state index >= 15 is 0 Å². The van der Waals surface area contributed by atoms with Crippen molar-refractivity contribution in [3.05, 3.63) is 41.7 Å². The molecule has 2 saturated heterocycles. The molecule has 0 bridgehead atoms. The molecule has 0 radical (unpaired) electrons. The first-order valence-electron chi connectivity index (χ1n) is 13.7. The SMILES string of the molecule is CC.NC(=O)c1ncc(N2CCCCC2)nc1Nc1ccc(C2CCN(C3CCCC3)CC2)cc1. The summed E-state index contributed by atoms with van der Waals surface area (Å²) < 4.78 is 0. The molecule has 7 nitrogen and oxygen atoms in total. The summed E-state index contributed by atoms with van der Waals surface area (Å²) in [4.78, 5) is 25.9. The normalized spacial score (nSPS) is 19.8. The number of carbonyl (C=O) groups is 1. The molecule has 35 heavy (non-hydrogen) atoms. The van der Waals surface area contributed by atoms with Crippen LogP contribution in [-0.2, 0) is 0 Å². The van der Waals surface area contributed by atoms with Gasteiger partial charge in [-0.25, -0.2) is 9.97 Å². The van der Waals surface area contributed by atoms with E-state index in [1.807, 2.05) is 13.8 Å². The monoisotopic (exact) mass is 478 g/mol. The topological polar surface area (TPSA) is 87.4 Å². The summed E-state index contributed by atoms with van der Waals surface area (Å²) in [5.41, 5.74) is 8.05. The van der Waals surface area contributed by atoms with Crippen LogP contribution in [0.4, 0.5) is 17.3 Å². The zero-order valence-electron chi connectivity index (χ0n) is 21.5. The number of likely N-dealkylation sites (tertiary alicyclic amines) is 1. The molecule has 0 atom stereocenters. The van der Waals surface area contributed by atoms with Gasteiger partial charge in [-0.2, -0.15) is 0 Å². The number of amides is 1. The third-order valence-corrected chi connectivity index (χ3v) is 7.69. The first-order valence-corrected chi connectivity index (χ1v) is 13.7. The number of nitrogens with one attached hydrogen (secondary N) is 1. The van der Waals surface area contributed by atoms with Gasteiger partial charge in [0, 0.05) is 24.8 Å². The van der Waals surface area contributed by atoms with Gasteiger partial charge in [-0.15, -0.1) is 0 Å². The van der Waals surface area contributed by atoms with Gasteiger partial charge in [0.05, 0.1) is 6.20 Å². The molecule has 190 valence electrons. The Morgan fingerprint density at radius 1 is 0.914 bits per heavy atom. The van der Waals surface area contributed by atoms with Gasteiger partial charge in [-0.1, -0.05) is 38.8 Å². The Hall–Kier alpha value is -2.67. The molecule has 1 saturated carbocycles. The summed E-state index contributed by atoms with van der Waals surface area (Å²) in [6.45, 7) is 8.38. The van der Waals surface area contributed by atoms with E-state index in [4.69, 9.17) is 10.7 Å². The van der Waals surface area contributed by atoms with Crippen LogP contribution < -0.4 is 16.0 Å². The highest BCUT2D eigenvalue weighted by atomic mass is 16.1. The molecule has 1 aromatic carbocycles. The Kier molecular flexibility index (Phi) is 8.96. The number of primary amides is 1. The molecule has 1 aliphatic carbocycles. The lowest BCUT2D eigenvalue weighted by atomic mass is 9.88. The Bertz CT molecular complexity index is 942. The van der Waals surface area contributed by atoms with Crippen LogP contribution in [0.1, 0.15) is 93.6 Å². The van der Waals surface area contributed by atoms with Crippen molar-refractivity contribution in [2.75, 3.05) is 36.4 Å². The van der Waals surface area contributed by atoms with Crippen LogP contribution >= 0.6 is 0 Å². The highest BCUT2D eigenvalue weighted by Gasteiger charge is 2.27. The molecule has 2 aliphatic heterocycles. The Labute approximate surface area is 210 Å². The minimum Gasteiger partial charge on any atom is -0.364 e. The molecule has 5 rings (SSSR count). The zero-order valence-corrected chi connectivity index (χ0v) is 21.5. The van der Waals surface area contributed by atoms with Gasteiger partial charge >= 0.3 is 0 Å². The van der Waals surface area contributed by atoms with Crippen LogP contribution in [0.3, 0.4) is 0 Å². The minimum atomic E-state index is -0.569. The third-order valence-electron chi connectivity index (χ3n) is 7.69. The number of carbonyl (C=O) groups excluding carboxylic acids is 1. The summed E-state index contributed by atoms with van der Waals surface area (Å²) >= 11 is 0. The van der Waals surface area contributed by atoms with E-state index in [1.165, 1.54) is 63.6 Å². The van der Waals surface area contributed by atoms with E-state index in [-0.39, 0.29) is 5.69 Å². The predicted molar refractivity (Wildman–Crippen MR) is 143 cm³/mol. The molecule has 3 heterocycles. The van der Waals surface area contributed by atoms with Gasteiger partial charge < -0.3 is 20.9 Å². The Balaban J connectivity index is 0.00000141. The van der Waals surface area contributed by atoms with E-state index in [2.05, 4.69) is 44.4 Å². The van der Waals surface area contributed by atoms with Crippen LogP contribution in [0.2, 0.25) is 0 Å². The highest BCUT2D eigenvalue weighted by Crippen LogP contribution is 2.33. The fourth-order valence-corrected chi connectivity index (χ4v) is 5.77. The average Bonchev–Trinajstić information content (AvgIpc) is 3.46. The Morgan fingerprint density at radius 2 is 1.57 bits per heavy atom. The molecular formula is C28H42N6O. The number of hydrogen-bond donors (Lipinski definition) is 2. The quantitative estimate of drug-likeness (QED) is 0.573. The smallest absolute Gasteiger partial charge is 0.271 e. The average molecular weight is 479 g/mol. The minimum absolute atomic E-state index is 0.180. The highest BCUT2D eigenvalue weighted by molar-refractivity contribution is 5.96. The summed E-state index contributed by atoms with van der Waals surface area (Å²) in [6.07, 6.45) is 13.3. The predicted octanol–water partition coefficient (Wildman–Crippen LogP) is 5.46. The van der Waals surface area contributed by atoms with Crippen molar-refractivity contribution in [3.8, 4) is 0 Å². The second-order valence-electron chi connectivity index (χ2n) is 9.83. The zero-order chi connectivity index (χ0) is 24.6. The maximum Gasteiger partial charge on any atom is 0.271 e. The van der Waals surface area contributed by atoms with E-state index in [1.54, 1.807) is 6.20 Å². The number of piperidine rings is 2. The van der Waals surface area contributed by atoms with Crippen molar-refractivity contribution in [2.24, 2.45) is 5.73 Å². The summed E-state index contributed by atoms with van der Waals surface area (Å²) in [6, 6.07) is 9.42. The molecule has 0 spiro atoms. The van der Waals surface area contributed by atoms with Crippen molar-refractivity contribution < 1.29 is 4.79 Å². The number of aromatic nitrogens is 2. The van der Waals surface area contributed by atoms with Crippen molar-refractivity contribution in [1.29, 1.82) is 0 Å². The summed E-state index contributed by atoms with van der Waals surface area (Å²) in [7, 11) is 0. The fraction of sp³-hybridized carbons (Fsp3) is 0.607. The van der Waals surface area contributed by atoms with Gasteiger partial charge in [0.2, 0.25) is 0 Å². The maximum absolute atomic E-state index is 11.9. The second-order valence-corrected chi connectivity index (χ2v) is 9.83. The number of hydrogen-bond acceptors (Lipinski definition) is 6. The lowest BCUT2D eigenvalue weighted by Crippen LogP contribution is -2.39. The maximum atomic E-state index is 11.9. The molecule has 1 aromatic heterocycles. The number of anilines is 3. The van der Waals surface area contributed by atoms with E-state index in [0.717, 1.165) is 43.5 Å². The van der Waals surface area contributed by atoms with Gasteiger partial charge in [0.25, 0.3) is 5.91 Å². The first-order chi connectivity index (χ1) is 17.2. The van der Waals surface area contributed by atoms with Gasteiger partial charge in [0.15, 0.2) is 11.5 Å².